The Bertz CT molecular complexity index is 371. The molecule has 4 nitrogen and oxygen atoms in total. The van der Waals surface area contributed by atoms with Crippen LogP contribution in [0, 0.1) is 5.92 Å². The molecule has 5 heteroatoms. The molecule has 1 aromatic rings. The minimum absolute atomic E-state index is 0.711. The molecule has 0 amide bonds. The zero-order valence-electron chi connectivity index (χ0n) is 11.3. The van der Waals surface area contributed by atoms with Crippen molar-refractivity contribution in [1.29, 1.82) is 0 Å². The summed E-state index contributed by atoms with van der Waals surface area (Å²) >= 11 is 6.02. The van der Waals surface area contributed by atoms with Crippen LogP contribution < -0.4 is 5.32 Å². The van der Waals surface area contributed by atoms with Gasteiger partial charge in [0.25, 0.3) is 0 Å². The van der Waals surface area contributed by atoms with Gasteiger partial charge in [0.05, 0.1) is 12.7 Å². The maximum absolute atomic E-state index is 6.02. The number of imidazole rings is 1. The largest absolute Gasteiger partial charge is 0.321 e. The second kappa shape index (κ2) is 6.55. The van der Waals surface area contributed by atoms with Gasteiger partial charge in [-0.15, -0.1) is 0 Å². The Morgan fingerprint density at radius 1 is 1.50 bits per heavy atom. The van der Waals surface area contributed by atoms with Crippen LogP contribution in [0.2, 0.25) is 5.15 Å². The first-order chi connectivity index (χ1) is 8.70. The van der Waals surface area contributed by atoms with Crippen molar-refractivity contribution in [1.82, 2.24) is 19.8 Å². The van der Waals surface area contributed by atoms with Crippen LogP contribution in [0.15, 0.2) is 6.20 Å². The van der Waals surface area contributed by atoms with Crippen molar-refractivity contribution in [2.75, 3.05) is 26.2 Å². The van der Waals surface area contributed by atoms with Gasteiger partial charge in [-0.25, -0.2) is 4.98 Å². The number of nitrogens with zero attached hydrogens (tertiary/aromatic N) is 3. The molecular weight excluding hydrogens is 248 g/mol. The van der Waals surface area contributed by atoms with Gasteiger partial charge in [-0.3, -0.25) is 4.90 Å². The van der Waals surface area contributed by atoms with Gasteiger partial charge in [0, 0.05) is 13.6 Å². The van der Waals surface area contributed by atoms with Crippen LogP contribution in [-0.4, -0.2) is 40.6 Å². The number of piperidine rings is 1. The number of hydrogen-bond donors (Lipinski definition) is 1. The van der Waals surface area contributed by atoms with Crippen LogP contribution >= 0.6 is 11.6 Å². The summed E-state index contributed by atoms with van der Waals surface area (Å²) in [7, 11) is 1.98. The number of rotatable bonds is 5. The third-order valence-electron chi connectivity index (χ3n) is 3.82. The highest BCUT2D eigenvalue weighted by Crippen LogP contribution is 2.16. The summed E-state index contributed by atoms with van der Waals surface area (Å²) in [6, 6.07) is 0. The standard InChI is InChI=1S/C13H23ClN4/c1-3-18(9-11-4-6-15-7-5-11)10-13-16-8-12(14)17(13)2/h8,11,15H,3-7,9-10H2,1-2H3. The van der Waals surface area contributed by atoms with Gasteiger partial charge in [0.2, 0.25) is 0 Å². The number of nitrogens with one attached hydrogen (secondary N) is 1. The number of aromatic nitrogens is 2. The second-order valence-electron chi connectivity index (χ2n) is 5.08. The fourth-order valence-electron chi connectivity index (χ4n) is 2.51. The molecule has 1 aliphatic heterocycles. The Labute approximate surface area is 114 Å². The molecule has 1 fully saturated rings. The van der Waals surface area contributed by atoms with E-state index in [0.717, 1.165) is 37.9 Å². The second-order valence-corrected chi connectivity index (χ2v) is 5.46. The lowest BCUT2D eigenvalue weighted by molar-refractivity contribution is 0.202. The number of halogens is 1. The highest BCUT2D eigenvalue weighted by atomic mass is 35.5. The van der Waals surface area contributed by atoms with Gasteiger partial charge in [-0.05, 0) is 38.4 Å². The van der Waals surface area contributed by atoms with Crippen LogP contribution in [0.1, 0.15) is 25.6 Å². The average molecular weight is 271 g/mol. The van der Waals surface area contributed by atoms with Crippen molar-refractivity contribution in [2.24, 2.45) is 13.0 Å². The zero-order chi connectivity index (χ0) is 13.0. The molecule has 1 aromatic heterocycles. The lowest BCUT2D eigenvalue weighted by Gasteiger charge is -2.29. The third kappa shape index (κ3) is 3.46. The predicted octanol–water partition coefficient (Wildman–Crippen LogP) is 1.90. The van der Waals surface area contributed by atoms with E-state index in [-0.39, 0.29) is 0 Å². The quantitative estimate of drug-likeness (QED) is 0.887. The summed E-state index contributed by atoms with van der Waals surface area (Å²) in [6.45, 7) is 7.67. The summed E-state index contributed by atoms with van der Waals surface area (Å²) in [5, 5.41) is 4.13. The monoisotopic (exact) mass is 270 g/mol. The lowest BCUT2D eigenvalue weighted by Crippen LogP contribution is -2.36. The Balaban J connectivity index is 1.90. The summed E-state index contributed by atoms with van der Waals surface area (Å²) in [6.07, 6.45) is 4.31. The molecule has 1 saturated heterocycles. The Morgan fingerprint density at radius 2 is 2.22 bits per heavy atom. The first-order valence-corrected chi connectivity index (χ1v) is 7.17. The van der Waals surface area contributed by atoms with E-state index >= 15 is 0 Å². The fourth-order valence-corrected chi connectivity index (χ4v) is 2.65. The van der Waals surface area contributed by atoms with E-state index in [2.05, 4.69) is 22.1 Å². The highest BCUT2D eigenvalue weighted by molar-refractivity contribution is 6.29. The van der Waals surface area contributed by atoms with Crippen LogP contribution in [0.4, 0.5) is 0 Å². The predicted molar refractivity (Wildman–Crippen MR) is 74.8 cm³/mol. The van der Waals surface area contributed by atoms with Gasteiger partial charge in [-0.1, -0.05) is 18.5 Å². The summed E-state index contributed by atoms with van der Waals surface area (Å²) < 4.78 is 1.96. The fraction of sp³-hybridized carbons (Fsp3) is 0.769. The molecule has 0 atom stereocenters. The molecule has 0 aliphatic carbocycles. The third-order valence-corrected chi connectivity index (χ3v) is 4.17. The molecular formula is C13H23ClN4. The van der Waals surface area contributed by atoms with Crippen molar-refractivity contribution in [3.63, 3.8) is 0 Å². The van der Waals surface area contributed by atoms with E-state index < -0.39 is 0 Å². The van der Waals surface area contributed by atoms with Crippen molar-refractivity contribution in [3.05, 3.63) is 17.2 Å². The van der Waals surface area contributed by atoms with Gasteiger partial charge in [-0.2, -0.15) is 0 Å². The Morgan fingerprint density at radius 3 is 2.78 bits per heavy atom. The van der Waals surface area contributed by atoms with Gasteiger partial charge in [0.15, 0.2) is 0 Å². The lowest BCUT2D eigenvalue weighted by atomic mass is 9.97. The maximum atomic E-state index is 6.02. The topological polar surface area (TPSA) is 33.1 Å². The van der Waals surface area contributed by atoms with Crippen molar-refractivity contribution < 1.29 is 0 Å². The van der Waals surface area contributed by atoms with E-state index in [4.69, 9.17) is 11.6 Å². The smallest absolute Gasteiger partial charge is 0.128 e. The van der Waals surface area contributed by atoms with E-state index in [9.17, 15) is 0 Å². The molecule has 0 spiro atoms. The molecule has 2 heterocycles. The molecule has 0 bridgehead atoms. The van der Waals surface area contributed by atoms with E-state index in [1.165, 1.54) is 19.4 Å². The van der Waals surface area contributed by atoms with Crippen molar-refractivity contribution >= 4 is 11.6 Å². The van der Waals surface area contributed by atoms with Crippen LogP contribution in [-0.2, 0) is 13.6 Å². The molecule has 1 N–H and O–H groups in total. The molecule has 0 saturated carbocycles. The van der Waals surface area contributed by atoms with Gasteiger partial charge in [0.1, 0.15) is 11.0 Å². The highest BCUT2D eigenvalue weighted by Gasteiger charge is 2.17. The minimum Gasteiger partial charge on any atom is -0.321 e. The van der Waals surface area contributed by atoms with Crippen molar-refractivity contribution in [2.45, 2.75) is 26.3 Å². The minimum atomic E-state index is 0.711. The summed E-state index contributed by atoms with van der Waals surface area (Å²) in [4.78, 5) is 6.84. The van der Waals surface area contributed by atoms with Gasteiger partial charge >= 0.3 is 0 Å². The van der Waals surface area contributed by atoms with Gasteiger partial charge < -0.3 is 9.88 Å². The molecule has 18 heavy (non-hydrogen) atoms. The molecule has 2 rings (SSSR count). The SMILES string of the molecule is CCN(Cc1ncc(Cl)n1C)CC1CCNCC1. The first kappa shape index (κ1) is 13.8. The Kier molecular flexibility index (Phi) is 5.03. The van der Waals surface area contributed by atoms with Crippen LogP contribution in [0.5, 0.6) is 0 Å². The Hall–Kier alpha value is -0.580. The zero-order valence-corrected chi connectivity index (χ0v) is 12.1. The average Bonchev–Trinajstić information content (AvgIpc) is 2.71. The first-order valence-electron chi connectivity index (χ1n) is 6.80. The molecule has 0 unspecified atom stereocenters. The summed E-state index contributed by atoms with van der Waals surface area (Å²) in [5.74, 6) is 1.87. The van der Waals surface area contributed by atoms with E-state index in [1.807, 2.05) is 11.6 Å². The summed E-state index contributed by atoms with van der Waals surface area (Å²) in [5.41, 5.74) is 0. The molecule has 102 valence electrons. The normalized spacial score (nSPS) is 17.6. The van der Waals surface area contributed by atoms with E-state index in [0.29, 0.717) is 5.15 Å². The maximum Gasteiger partial charge on any atom is 0.128 e. The molecule has 0 aromatic carbocycles. The van der Waals surface area contributed by atoms with Crippen LogP contribution in [0.25, 0.3) is 0 Å². The molecule has 0 radical (unpaired) electrons. The van der Waals surface area contributed by atoms with E-state index in [1.54, 1.807) is 6.20 Å². The van der Waals surface area contributed by atoms with Crippen molar-refractivity contribution in [3.8, 4) is 0 Å². The molecule has 1 aliphatic rings. The van der Waals surface area contributed by atoms with Crippen LogP contribution in [0.3, 0.4) is 0 Å². The number of hydrogen-bond acceptors (Lipinski definition) is 3.